The van der Waals surface area contributed by atoms with E-state index in [1.54, 1.807) is 16.7 Å². The number of unbranched alkanes of at least 4 members (excludes halogenated alkanes) is 2. The van der Waals surface area contributed by atoms with Crippen LogP contribution in [-0.2, 0) is 11.2 Å². The summed E-state index contributed by atoms with van der Waals surface area (Å²) in [5.41, 5.74) is 7.98. The van der Waals surface area contributed by atoms with Gasteiger partial charge in [-0.2, -0.15) is 4.98 Å². The maximum Gasteiger partial charge on any atom is 0.350 e. The zero-order valence-electron chi connectivity index (χ0n) is 25.8. The Morgan fingerprint density at radius 1 is 1.00 bits per heavy atom. The van der Waals surface area contributed by atoms with Gasteiger partial charge in [-0.15, -0.1) is 0 Å². The molecule has 0 radical (unpaired) electrons. The van der Waals surface area contributed by atoms with E-state index in [1.165, 1.54) is 30.5 Å². The minimum Gasteiger partial charge on any atom is -0.450 e. The van der Waals surface area contributed by atoms with Gasteiger partial charge in [0.05, 0.1) is 24.1 Å². The molecule has 0 atom stereocenters. The van der Waals surface area contributed by atoms with Crippen LogP contribution in [0, 0.1) is 17.1 Å². The SMILES string of the molecule is N=C(N)CCCCCC1CCC(n2cc3c(nc2=O)Nc2cc(C4CCN(C(=O)Cc5ccc(F)cc5)CC4)ccc2O3)CC1. The predicted molar refractivity (Wildman–Crippen MR) is 173 cm³/mol. The number of fused-ring (bicyclic) bond motifs is 2. The third-order valence-electron chi connectivity index (χ3n) is 9.75. The van der Waals surface area contributed by atoms with Gasteiger partial charge in [0, 0.05) is 25.6 Å². The summed E-state index contributed by atoms with van der Waals surface area (Å²) in [5.74, 6) is 2.76. The number of rotatable bonds is 10. The summed E-state index contributed by atoms with van der Waals surface area (Å²) < 4.78 is 21.2. The molecule has 0 spiro atoms. The largest absolute Gasteiger partial charge is 0.450 e. The van der Waals surface area contributed by atoms with Crippen LogP contribution in [0.3, 0.4) is 0 Å². The van der Waals surface area contributed by atoms with E-state index < -0.39 is 0 Å². The number of benzene rings is 2. The molecule has 4 N–H and O–H groups in total. The Hall–Kier alpha value is -4.21. The van der Waals surface area contributed by atoms with E-state index in [0.29, 0.717) is 48.7 Å². The lowest BCUT2D eigenvalue weighted by Crippen LogP contribution is -2.38. The molecule has 3 aliphatic rings. The highest BCUT2D eigenvalue weighted by Gasteiger charge is 2.28. The van der Waals surface area contributed by atoms with Crippen LogP contribution >= 0.6 is 0 Å². The number of likely N-dealkylation sites (tertiary alicyclic amines) is 1. The van der Waals surface area contributed by atoms with Crippen LogP contribution < -0.4 is 21.5 Å². The molecule has 0 bridgehead atoms. The van der Waals surface area contributed by atoms with E-state index in [-0.39, 0.29) is 35.7 Å². The van der Waals surface area contributed by atoms with E-state index in [1.807, 2.05) is 17.2 Å². The second-order valence-corrected chi connectivity index (χ2v) is 12.9. The van der Waals surface area contributed by atoms with Crippen molar-refractivity contribution < 1.29 is 13.9 Å². The number of amides is 1. The second kappa shape index (κ2) is 13.8. The summed E-state index contributed by atoms with van der Waals surface area (Å²) in [5, 5.41) is 10.7. The van der Waals surface area contributed by atoms with Crippen molar-refractivity contribution in [2.45, 2.75) is 89.0 Å². The Labute approximate surface area is 263 Å². The lowest BCUT2D eigenvalue weighted by molar-refractivity contribution is -0.131. The molecule has 9 nitrogen and oxygen atoms in total. The van der Waals surface area contributed by atoms with Gasteiger partial charge >= 0.3 is 5.69 Å². The number of carbonyl (C=O) groups excluding carboxylic acids is 1. The van der Waals surface area contributed by atoms with Crippen molar-refractivity contribution in [1.29, 1.82) is 5.41 Å². The molecule has 1 saturated heterocycles. The number of hydrogen-bond donors (Lipinski definition) is 3. The average Bonchev–Trinajstić information content (AvgIpc) is 3.04. The number of nitrogens with one attached hydrogen (secondary N) is 2. The fourth-order valence-electron chi connectivity index (χ4n) is 7.10. The van der Waals surface area contributed by atoms with Crippen LogP contribution in [0.1, 0.15) is 93.7 Å². The number of amidine groups is 1. The monoisotopic (exact) mass is 614 g/mol. The van der Waals surface area contributed by atoms with Crippen molar-refractivity contribution in [1.82, 2.24) is 14.5 Å². The molecule has 45 heavy (non-hydrogen) atoms. The minimum atomic E-state index is -0.299. The normalized spacial score (nSPS) is 19.6. The lowest BCUT2D eigenvalue weighted by Gasteiger charge is -2.33. The summed E-state index contributed by atoms with van der Waals surface area (Å²) in [4.78, 5) is 32.2. The number of halogens is 1. The quantitative estimate of drug-likeness (QED) is 0.102. The van der Waals surface area contributed by atoms with E-state index in [2.05, 4.69) is 22.4 Å². The highest BCUT2D eigenvalue weighted by atomic mass is 19.1. The maximum atomic E-state index is 13.2. The number of nitrogens with two attached hydrogens (primary N) is 1. The number of anilines is 2. The number of hydrogen-bond acceptors (Lipinski definition) is 6. The van der Waals surface area contributed by atoms with Gasteiger partial charge in [-0.05, 0) is 92.2 Å². The predicted octanol–water partition coefficient (Wildman–Crippen LogP) is 6.80. The Morgan fingerprint density at radius 2 is 1.76 bits per heavy atom. The van der Waals surface area contributed by atoms with Gasteiger partial charge in [0.15, 0.2) is 17.3 Å². The Bertz CT molecular complexity index is 1570. The number of ether oxygens (including phenoxy) is 1. The fraction of sp³-hybridized carbons (Fsp3) is 0.486. The summed E-state index contributed by atoms with van der Waals surface area (Å²) in [6.45, 7) is 1.36. The zero-order valence-corrected chi connectivity index (χ0v) is 25.8. The molecule has 238 valence electrons. The van der Waals surface area contributed by atoms with Crippen LogP contribution in [0.15, 0.2) is 53.5 Å². The van der Waals surface area contributed by atoms with Crippen LogP contribution in [-0.4, -0.2) is 39.3 Å². The molecular formula is C35H43FN6O3. The zero-order chi connectivity index (χ0) is 31.3. The van der Waals surface area contributed by atoms with E-state index >= 15 is 0 Å². The molecule has 2 aromatic carbocycles. The molecule has 0 unspecified atom stereocenters. The molecule has 2 fully saturated rings. The first kappa shape index (κ1) is 30.8. The lowest BCUT2D eigenvalue weighted by atomic mass is 9.83. The summed E-state index contributed by atoms with van der Waals surface area (Å²) in [6, 6.07) is 12.4. The second-order valence-electron chi connectivity index (χ2n) is 12.9. The van der Waals surface area contributed by atoms with E-state index in [4.69, 9.17) is 15.9 Å². The van der Waals surface area contributed by atoms with Gasteiger partial charge < -0.3 is 20.7 Å². The van der Waals surface area contributed by atoms with Crippen LogP contribution in [0.4, 0.5) is 15.9 Å². The molecule has 2 aliphatic heterocycles. The molecule has 3 heterocycles. The summed E-state index contributed by atoms with van der Waals surface area (Å²) >= 11 is 0. The van der Waals surface area contributed by atoms with Gasteiger partial charge in [0.2, 0.25) is 5.91 Å². The molecule has 3 aromatic rings. The average molecular weight is 615 g/mol. The van der Waals surface area contributed by atoms with Crippen molar-refractivity contribution in [3.63, 3.8) is 0 Å². The van der Waals surface area contributed by atoms with Crippen molar-refractivity contribution in [3.05, 3.63) is 76.1 Å². The van der Waals surface area contributed by atoms with Crippen LogP contribution in [0.2, 0.25) is 0 Å². The standard InChI is InChI=1S/C35H43FN6O3/c36-27-11-6-24(7-12-27)20-33(43)41-18-16-25(17-19-41)26-10-15-30-29(21-26)39-34-31(45-30)22-42(35(44)40-34)28-13-8-23(9-14-28)4-2-1-3-5-32(37)38/h6-7,10-12,15,21-23,25,28H,1-5,8-9,13-14,16-20H2,(H3,37,38)(H,39,40,44). The number of nitrogens with zero attached hydrogens (tertiary/aromatic N) is 3. The molecule has 1 aromatic heterocycles. The van der Waals surface area contributed by atoms with Crippen molar-refractivity contribution >= 4 is 23.2 Å². The molecule has 10 heteroatoms. The smallest absolute Gasteiger partial charge is 0.350 e. The highest BCUT2D eigenvalue weighted by Crippen LogP contribution is 2.43. The van der Waals surface area contributed by atoms with Gasteiger partial charge in [0.1, 0.15) is 5.82 Å². The Balaban J connectivity index is 1.02. The number of aromatic nitrogens is 2. The van der Waals surface area contributed by atoms with Crippen LogP contribution in [0.25, 0.3) is 0 Å². The molecule has 1 saturated carbocycles. The van der Waals surface area contributed by atoms with Gasteiger partial charge in [0.25, 0.3) is 0 Å². The summed E-state index contributed by atoms with van der Waals surface area (Å²) in [6.07, 6.45) is 13.1. The fourth-order valence-corrected chi connectivity index (χ4v) is 7.10. The van der Waals surface area contributed by atoms with Gasteiger partial charge in [-0.3, -0.25) is 14.8 Å². The van der Waals surface area contributed by atoms with Crippen molar-refractivity contribution in [3.8, 4) is 11.5 Å². The molecule has 6 rings (SSSR count). The number of piperidine rings is 1. The third-order valence-corrected chi connectivity index (χ3v) is 9.75. The first-order chi connectivity index (χ1) is 21.8. The molecule has 1 amide bonds. The van der Waals surface area contributed by atoms with Crippen LogP contribution in [0.5, 0.6) is 11.5 Å². The third kappa shape index (κ3) is 7.54. The van der Waals surface area contributed by atoms with Gasteiger partial charge in [-0.1, -0.05) is 37.5 Å². The summed E-state index contributed by atoms with van der Waals surface area (Å²) in [7, 11) is 0. The number of carbonyl (C=O) groups is 1. The first-order valence-corrected chi connectivity index (χ1v) is 16.4. The van der Waals surface area contributed by atoms with Crippen molar-refractivity contribution in [2.24, 2.45) is 11.7 Å². The Kier molecular flexibility index (Phi) is 9.47. The first-order valence-electron chi connectivity index (χ1n) is 16.4. The molecule has 1 aliphatic carbocycles. The topological polar surface area (TPSA) is 126 Å². The highest BCUT2D eigenvalue weighted by molar-refractivity contribution is 5.79. The van der Waals surface area contributed by atoms with E-state index in [9.17, 15) is 14.0 Å². The molecular weight excluding hydrogens is 571 g/mol. The maximum absolute atomic E-state index is 13.2. The van der Waals surface area contributed by atoms with Gasteiger partial charge in [-0.25, -0.2) is 9.18 Å². The van der Waals surface area contributed by atoms with E-state index in [0.717, 1.165) is 62.6 Å². The van der Waals surface area contributed by atoms with Crippen molar-refractivity contribution in [2.75, 3.05) is 18.4 Å². The Morgan fingerprint density at radius 3 is 2.49 bits per heavy atom. The minimum absolute atomic E-state index is 0.0689.